The molecule has 5 heteroatoms. The molecule has 0 spiro atoms. The molecular formula is C15H27N5. The lowest BCUT2D eigenvalue weighted by Crippen LogP contribution is -2.28. The van der Waals surface area contributed by atoms with Crippen molar-refractivity contribution in [1.29, 1.82) is 0 Å². The Kier molecular flexibility index (Phi) is 5.31. The Bertz CT molecular complexity index is 403. The van der Waals surface area contributed by atoms with E-state index >= 15 is 0 Å². The minimum Gasteiger partial charge on any atom is -0.344 e. The molecule has 0 aromatic carbocycles. The van der Waals surface area contributed by atoms with Crippen molar-refractivity contribution < 1.29 is 0 Å². The summed E-state index contributed by atoms with van der Waals surface area (Å²) in [6, 6.07) is 0.483. The van der Waals surface area contributed by atoms with Crippen molar-refractivity contribution in [2.45, 2.75) is 32.9 Å². The summed E-state index contributed by atoms with van der Waals surface area (Å²) in [4.78, 5) is 13.5. The maximum Gasteiger partial charge on any atom is 0.225 e. The Hall–Kier alpha value is -1.20. The summed E-state index contributed by atoms with van der Waals surface area (Å²) in [6.45, 7) is 8.53. The quantitative estimate of drug-likeness (QED) is 0.850. The minimum atomic E-state index is 0.483. The second-order valence-electron chi connectivity index (χ2n) is 6.22. The number of likely N-dealkylation sites (tertiary alicyclic amines) is 1. The second-order valence-corrected chi connectivity index (χ2v) is 6.22. The van der Waals surface area contributed by atoms with Gasteiger partial charge >= 0.3 is 0 Å². The van der Waals surface area contributed by atoms with Gasteiger partial charge in [0.25, 0.3) is 0 Å². The van der Waals surface area contributed by atoms with Crippen molar-refractivity contribution in [1.82, 2.24) is 20.2 Å². The summed E-state index contributed by atoms with van der Waals surface area (Å²) < 4.78 is 0. The second kappa shape index (κ2) is 6.99. The molecule has 0 amide bonds. The molecule has 0 saturated carbocycles. The Balaban J connectivity index is 1.85. The van der Waals surface area contributed by atoms with E-state index in [-0.39, 0.29) is 0 Å². The molecule has 1 saturated heterocycles. The topological polar surface area (TPSA) is 44.3 Å². The summed E-state index contributed by atoms with van der Waals surface area (Å²) in [5.41, 5.74) is 1.14. The van der Waals surface area contributed by atoms with E-state index < -0.39 is 0 Å². The van der Waals surface area contributed by atoms with Crippen molar-refractivity contribution in [3.05, 3.63) is 18.0 Å². The van der Waals surface area contributed by atoms with Crippen LogP contribution < -0.4 is 10.2 Å². The van der Waals surface area contributed by atoms with Crippen LogP contribution in [0.2, 0.25) is 0 Å². The van der Waals surface area contributed by atoms with Crippen LogP contribution in [0.4, 0.5) is 5.95 Å². The van der Waals surface area contributed by atoms with Crippen LogP contribution in [0, 0.1) is 5.92 Å². The molecule has 20 heavy (non-hydrogen) atoms. The van der Waals surface area contributed by atoms with Crippen molar-refractivity contribution in [3.63, 3.8) is 0 Å². The predicted octanol–water partition coefficient (Wildman–Crippen LogP) is 1.36. The monoisotopic (exact) mass is 277 g/mol. The zero-order chi connectivity index (χ0) is 14.5. The van der Waals surface area contributed by atoms with Gasteiger partial charge in [-0.3, -0.25) is 0 Å². The molecule has 1 unspecified atom stereocenters. The van der Waals surface area contributed by atoms with Crippen LogP contribution in [0.15, 0.2) is 12.4 Å². The van der Waals surface area contributed by atoms with E-state index in [0.717, 1.165) is 30.5 Å². The first-order chi connectivity index (χ1) is 9.54. The average molecular weight is 277 g/mol. The molecule has 0 aliphatic carbocycles. The van der Waals surface area contributed by atoms with Crippen LogP contribution in [0.1, 0.15) is 25.8 Å². The fraction of sp³-hybridized carbons (Fsp3) is 0.733. The lowest BCUT2D eigenvalue weighted by molar-refractivity contribution is 0.395. The van der Waals surface area contributed by atoms with Crippen LogP contribution in [0.5, 0.6) is 0 Å². The van der Waals surface area contributed by atoms with Gasteiger partial charge in [0.05, 0.1) is 0 Å². The van der Waals surface area contributed by atoms with E-state index in [1.54, 1.807) is 0 Å². The summed E-state index contributed by atoms with van der Waals surface area (Å²) in [5.74, 6) is 1.56. The fourth-order valence-corrected chi connectivity index (χ4v) is 2.60. The molecule has 1 aliphatic heterocycles. The predicted molar refractivity (Wildman–Crippen MR) is 82.9 cm³/mol. The van der Waals surface area contributed by atoms with Gasteiger partial charge in [0.1, 0.15) is 0 Å². The van der Waals surface area contributed by atoms with Crippen LogP contribution in [0.25, 0.3) is 0 Å². The Morgan fingerprint density at radius 3 is 2.65 bits per heavy atom. The van der Waals surface area contributed by atoms with Gasteiger partial charge in [-0.25, -0.2) is 9.97 Å². The van der Waals surface area contributed by atoms with Gasteiger partial charge in [-0.15, -0.1) is 0 Å². The molecule has 1 aromatic heterocycles. The fourth-order valence-electron chi connectivity index (χ4n) is 2.60. The molecule has 1 aliphatic rings. The van der Waals surface area contributed by atoms with Gasteiger partial charge < -0.3 is 15.1 Å². The molecular weight excluding hydrogens is 250 g/mol. The first kappa shape index (κ1) is 15.2. The highest BCUT2D eigenvalue weighted by Crippen LogP contribution is 2.17. The largest absolute Gasteiger partial charge is 0.344 e. The first-order valence-corrected chi connectivity index (χ1v) is 7.48. The number of aromatic nitrogens is 2. The third-order valence-corrected chi connectivity index (χ3v) is 3.77. The summed E-state index contributed by atoms with van der Waals surface area (Å²) >= 11 is 0. The normalized spacial score (nSPS) is 19.8. The van der Waals surface area contributed by atoms with Crippen molar-refractivity contribution in [2.75, 3.05) is 38.6 Å². The SMILES string of the molecule is CC(C)NCc1cnc(N(C)CC2CCN(C)C2)nc1. The lowest BCUT2D eigenvalue weighted by Gasteiger charge is -2.21. The number of hydrogen-bond acceptors (Lipinski definition) is 5. The zero-order valence-corrected chi connectivity index (χ0v) is 13.1. The lowest BCUT2D eigenvalue weighted by atomic mass is 10.1. The highest BCUT2D eigenvalue weighted by molar-refractivity contribution is 5.28. The van der Waals surface area contributed by atoms with E-state index in [9.17, 15) is 0 Å². The molecule has 1 fully saturated rings. The number of anilines is 1. The first-order valence-electron chi connectivity index (χ1n) is 7.48. The maximum absolute atomic E-state index is 4.48. The number of rotatable bonds is 6. The Labute approximate surface area is 122 Å². The third-order valence-electron chi connectivity index (χ3n) is 3.77. The van der Waals surface area contributed by atoms with Crippen LogP contribution >= 0.6 is 0 Å². The van der Waals surface area contributed by atoms with E-state index in [1.807, 2.05) is 12.4 Å². The highest BCUT2D eigenvalue weighted by atomic mass is 15.2. The van der Waals surface area contributed by atoms with Crippen molar-refractivity contribution >= 4 is 5.95 Å². The molecule has 1 atom stereocenters. The molecule has 0 bridgehead atoms. The molecule has 5 nitrogen and oxygen atoms in total. The van der Waals surface area contributed by atoms with E-state index in [1.165, 1.54) is 19.5 Å². The summed E-state index contributed by atoms with van der Waals surface area (Å²) in [6.07, 6.45) is 5.13. The zero-order valence-electron chi connectivity index (χ0n) is 13.1. The molecule has 112 valence electrons. The molecule has 1 N–H and O–H groups in total. The van der Waals surface area contributed by atoms with Crippen LogP contribution in [-0.4, -0.2) is 54.6 Å². The molecule has 1 aromatic rings. The van der Waals surface area contributed by atoms with Gasteiger partial charge in [-0.1, -0.05) is 13.8 Å². The van der Waals surface area contributed by atoms with E-state index in [2.05, 4.69) is 53.0 Å². The molecule has 0 radical (unpaired) electrons. The number of hydrogen-bond donors (Lipinski definition) is 1. The van der Waals surface area contributed by atoms with Gasteiger partial charge in [0.2, 0.25) is 5.95 Å². The minimum absolute atomic E-state index is 0.483. The smallest absolute Gasteiger partial charge is 0.225 e. The molecule has 2 rings (SSSR count). The highest BCUT2D eigenvalue weighted by Gasteiger charge is 2.21. The molecule has 2 heterocycles. The third kappa shape index (κ3) is 4.42. The van der Waals surface area contributed by atoms with E-state index in [0.29, 0.717) is 6.04 Å². The standard InChI is InChI=1S/C15H27N5/c1-12(2)16-7-14-8-17-15(18-9-14)20(4)11-13-5-6-19(3)10-13/h8-9,12-13,16H,5-7,10-11H2,1-4H3. The summed E-state index contributed by atoms with van der Waals surface area (Å²) in [7, 11) is 4.27. The van der Waals surface area contributed by atoms with Crippen molar-refractivity contribution in [2.24, 2.45) is 5.92 Å². The Morgan fingerprint density at radius 1 is 1.40 bits per heavy atom. The number of nitrogens with one attached hydrogen (secondary N) is 1. The number of nitrogens with zero attached hydrogens (tertiary/aromatic N) is 4. The van der Waals surface area contributed by atoms with Gasteiger partial charge in [0.15, 0.2) is 0 Å². The maximum atomic E-state index is 4.48. The van der Waals surface area contributed by atoms with Crippen LogP contribution in [-0.2, 0) is 6.54 Å². The average Bonchev–Trinajstić information content (AvgIpc) is 2.82. The van der Waals surface area contributed by atoms with E-state index in [4.69, 9.17) is 0 Å². The summed E-state index contributed by atoms with van der Waals surface area (Å²) in [5, 5.41) is 3.37. The Morgan fingerprint density at radius 2 is 2.10 bits per heavy atom. The van der Waals surface area contributed by atoms with Crippen LogP contribution in [0.3, 0.4) is 0 Å². The van der Waals surface area contributed by atoms with Gasteiger partial charge in [-0.2, -0.15) is 0 Å². The van der Waals surface area contributed by atoms with Gasteiger partial charge in [0, 0.05) is 50.7 Å². The van der Waals surface area contributed by atoms with Gasteiger partial charge in [-0.05, 0) is 25.9 Å². The van der Waals surface area contributed by atoms with Crippen molar-refractivity contribution in [3.8, 4) is 0 Å².